The number of anilines is 1. The van der Waals surface area contributed by atoms with Crippen LogP contribution in [0.25, 0.3) is 0 Å². The normalized spacial score (nSPS) is 34.8. The minimum atomic E-state index is -4.21. The van der Waals surface area contributed by atoms with Gasteiger partial charge >= 0.3 is 10.3 Å². The van der Waals surface area contributed by atoms with Gasteiger partial charge in [-0.2, -0.15) is 8.42 Å². The van der Waals surface area contributed by atoms with Crippen LogP contribution in [0.2, 0.25) is 0 Å². The van der Waals surface area contributed by atoms with Crippen molar-refractivity contribution >= 4 is 16.0 Å². The monoisotopic (exact) mass is 347 g/mol. The molecule has 3 aliphatic carbocycles. The summed E-state index contributed by atoms with van der Waals surface area (Å²) in [5.41, 5.74) is 3.43. The van der Waals surface area contributed by atoms with Gasteiger partial charge in [-0.1, -0.05) is 18.6 Å². The summed E-state index contributed by atoms with van der Waals surface area (Å²) in [6.07, 6.45) is 10.8. The van der Waals surface area contributed by atoms with Crippen LogP contribution >= 0.6 is 0 Å². The lowest BCUT2D eigenvalue weighted by molar-refractivity contribution is 0.0831. The van der Waals surface area contributed by atoms with Crippen molar-refractivity contribution in [1.29, 1.82) is 0 Å². The van der Waals surface area contributed by atoms with Gasteiger partial charge in [0.05, 0.1) is 5.69 Å². The number of nitrogens with one attached hydrogen (secondary N) is 1. The summed E-state index contributed by atoms with van der Waals surface area (Å²) < 4.78 is 33.2. The van der Waals surface area contributed by atoms with Crippen LogP contribution < -0.4 is 4.72 Å². The molecule has 5 heteroatoms. The van der Waals surface area contributed by atoms with E-state index in [0.717, 1.165) is 18.3 Å². The van der Waals surface area contributed by atoms with Crippen LogP contribution in [-0.2, 0) is 16.7 Å². The quantitative estimate of drug-likeness (QED) is 0.632. The molecule has 0 aliphatic heterocycles. The number of hydrogen-bond acceptors (Lipinski definition) is 2. The van der Waals surface area contributed by atoms with Gasteiger partial charge in [0.25, 0.3) is 0 Å². The molecule has 2 saturated carbocycles. The molecule has 0 aromatic heterocycles. The van der Waals surface area contributed by atoms with Gasteiger partial charge < -0.3 is 0 Å². The Morgan fingerprint density at radius 2 is 2.08 bits per heavy atom. The third-order valence-corrected chi connectivity index (χ3v) is 7.29. The maximum atomic E-state index is 11.0. The molecular formula is C19H25NO3S. The standard InChI is InChI=1S/C19H25NO3S/c1-2-19-10-3-4-18(19)17-7-5-13-12-14(20-24(21,22)23)6-8-15(13)16(17)9-11-19/h2,6,8,12,16-18,20H,1,3-5,7,9-11H2,(H,21,22,23)/t16-,17-,18+,19+/m1/s1. The highest BCUT2D eigenvalue weighted by molar-refractivity contribution is 7.87. The fraction of sp³-hybridized carbons (Fsp3) is 0.579. The molecule has 4 rings (SSSR count). The summed E-state index contributed by atoms with van der Waals surface area (Å²) in [5.74, 6) is 2.08. The predicted molar refractivity (Wildman–Crippen MR) is 95.4 cm³/mol. The fourth-order valence-corrected chi connectivity index (χ4v) is 6.28. The van der Waals surface area contributed by atoms with Gasteiger partial charge in [0.1, 0.15) is 0 Å². The Balaban J connectivity index is 1.64. The van der Waals surface area contributed by atoms with Crippen molar-refractivity contribution in [3.05, 3.63) is 42.0 Å². The van der Waals surface area contributed by atoms with E-state index < -0.39 is 10.3 Å². The van der Waals surface area contributed by atoms with E-state index in [1.165, 1.54) is 49.7 Å². The first-order chi connectivity index (χ1) is 11.4. The number of hydrogen-bond donors (Lipinski definition) is 2. The molecule has 0 unspecified atom stereocenters. The third kappa shape index (κ3) is 2.58. The van der Waals surface area contributed by atoms with Gasteiger partial charge in [-0.25, -0.2) is 0 Å². The minimum Gasteiger partial charge on any atom is -0.269 e. The lowest BCUT2D eigenvalue weighted by Crippen LogP contribution is -2.40. The molecule has 0 spiro atoms. The molecule has 2 fully saturated rings. The largest absolute Gasteiger partial charge is 0.357 e. The summed E-state index contributed by atoms with van der Waals surface area (Å²) in [5, 5.41) is 0. The summed E-state index contributed by atoms with van der Waals surface area (Å²) in [6.45, 7) is 4.16. The van der Waals surface area contributed by atoms with E-state index in [0.29, 0.717) is 17.0 Å². The van der Waals surface area contributed by atoms with Crippen molar-refractivity contribution in [3.63, 3.8) is 0 Å². The van der Waals surface area contributed by atoms with Crippen LogP contribution in [0, 0.1) is 17.3 Å². The second-order valence-electron chi connectivity index (χ2n) is 7.77. The highest BCUT2D eigenvalue weighted by Crippen LogP contribution is 2.61. The molecule has 3 aliphatic rings. The molecule has 0 heterocycles. The molecule has 130 valence electrons. The Hall–Kier alpha value is -1.33. The van der Waals surface area contributed by atoms with Crippen LogP contribution in [0.4, 0.5) is 5.69 Å². The maximum Gasteiger partial charge on any atom is 0.357 e. The van der Waals surface area contributed by atoms with E-state index in [1.54, 1.807) is 6.07 Å². The van der Waals surface area contributed by atoms with Crippen LogP contribution in [0.5, 0.6) is 0 Å². The summed E-state index contributed by atoms with van der Waals surface area (Å²) in [4.78, 5) is 0. The Morgan fingerprint density at radius 1 is 1.25 bits per heavy atom. The topological polar surface area (TPSA) is 66.4 Å². The molecule has 2 N–H and O–H groups in total. The smallest absolute Gasteiger partial charge is 0.269 e. The second-order valence-corrected chi connectivity index (χ2v) is 8.93. The van der Waals surface area contributed by atoms with E-state index >= 15 is 0 Å². The molecular weight excluding hydrogens is 322 g/mol. The van der Waals surface area contributed by atoms with Gasteiger partial charge in [-0.3, -0.25) is 9.27 Å². The van der Waals surface area contributed by atoms with Gasteiger partial charge in [0.15, 0.2) is 0 Å². The molecule has 4 atom stereocenters. The van der Waals surface area contributed by atoms with Crippen molar-refractivity contribution in [2.24, 2.45) is 17.3 Å². The molecule has 24 heavy (non-hydrogen) atoms. The van der Waals surface area contributed by atoms with Crippen LogP contribution in [0.3, 0.4) is 0 Å². The zero-order chi connectivity index (χ0) is 16.9. The average molecular weight is 347 g/mol. The summed E-state index contributed by atoms with van der Waals surface area (Å²) in [6, 6.07) is 5.73. The molecule has 1 aromatic carbocycles. The lowest BCUT2D eigenvalue weighted by Gasteiger charge is -2.49. The predicted octanol–water partition coefficient (Wildman–Crippen LogP) is 4.31. The first-order valence-corrected chi connectivity index (χ1v) is 10.4. The Bertz CT molecular complexity index is 773. The molecule has 0 bridgehead atoms. The molecule has 0 amide bonds. The summed E-state index contributed by atoms with van der Waals surface area (Å²) in [7, 11) is -4.21. The molecule has 4 nitrogen and oxygen atoms in total. The highest BCUT2D eigenvalue weighted by Gasteiger charge is 2.51. The van der Waals surface area contributed by atoms with Gasteiger partial charge in [-0.05, 0) is 85.0 Å². The Kier molecular flexibility index (Phi) is 3.77. The van der Waals surface area contributed by atoms with E-state index in [9.17, 15) is 8.42 Å². The molecule has 0 radical (unpaired) electrons. The van der Waals surface area contributed by atoms with Crippen molar-refractivity contribution in [2.75, 3.05) is 4.72 Å². The maximum absolute atomic E-state index is 11.0. The number of allylic oxidation sites excluding steroid dienone is 1. The second kappa shape index (κ2) is 5.60. The van der Waals surface area contributed by atoms with Crippen molar-refractivity contribution in [1.82, 2.24) is 0 Å². The molecule has 1 aromatic rings. The minimum absolute atomic E-state index is 0.366. The number of aryl methyl sites for hydroxylation is 1. The Labute approximate surface area is 144 Å². The molecule has 0 saturated heterocycles. The van der Waals surface area contributed by atoms with E-state index in [4.69, 9.17) is 4.55 Å². The van der Waals surface area contributed by atoms with Gasteiger partial charge in [-0.15, -0.1) is 6.58 Å². The zero-order valence-corrected chi connectivity index (χ0v) is 14.7. The van der Waals surface area contributed by atoms with E-state index in [-0.39, 0.29) is 0 Å². The van der Waals surface area contributed by atoms with E-state index in [2.05, 4.69) is 23.4 Å². The highest BCUT2D eigenvalue weighted by atomic mass is 32.2. The number of rotatable bonds is 3. The van der Waals surface area contributed by atoms with Crippen LogP contribution in [0.15, 0.2) is 30.9 Å². The number of fused-ring (bicyclic) bond motifs is 5. The van der Waals surface area contributed by atoms with Crippen molar-refractivity contribution in [2.45, 2.75) is 50.9 Å². The third-order valence-electron chi connectivity index (χ3n) is 6.79. The lowest BCUT2D eigenvalue weighted by atomic mass is 9.55. The van der Waals surface area contributed by atoms with Crippen LogP contribution in [0.1, 0.15) is 55.6 Å². The SMILES string of the molecule is C=C[C@@]12CCC[C@H]1[C@@H]1CCc3cc(NS(=O)(=O)O)ccc3[C@H]1CC2. The van der Waals surface area contributed by atoms with Crippen LogP contribution in [-0.4, -0.2) is 13.0 Å². The van der Waals surface area contributed by atoms with Gasteiger partial charge in [0.2, 0.25) is 0 Å². The van der Waals surface area contributed by atoms with E-state index in [1.807, 2.05) is 6.07 Å². The Morgan fingerprint density at radius 3 is 2.83 bits per heavy atom. The zero-order valence-electron chi connectivity index (χ0n) is 13.9. The first kappa shape index (κ1) is 16.2. The fourth-order valence-electron chi connectivity index (χ4n) is 5.86. The van der Waals surface area contributed by atoms with Crippen molar-refractivity contribution in [3.8, 4) is 0 Å². The van der Waals surface area contributed by atoms with Crippen molar-refractivity contribution < 1.29 is 13.0 Å². The summed E-state index contributed by atoms with van der Waals surface area (Å²) >= 11 is 0. The average Bonchev–Trinajstić information content (AvgIpc) is 2.97. The van der Waals surface area contributed by atoms with Gasteiger partial charge in [0, 0.05) is 0 Å². The first-order valence-electron chi connectivity index (χ1n) is 8.93. The number of benzene rings is 1.